The van der Waals surface area contributed by atoms with Crippen LogP contribution in [-0.4, -0.2) is 53.7 Å². The van der Waals surface area contributed by atoms with Gasteiger partial charge in [-0.2, -0.15) is 0 Å². The first-order valence-corrected chi connectivity index (χ1v) is 7.16. The quantitative estimate of drug-likeness (QED) is 0.787. The second kappa shape index (κ2) is 7.07. The van der Waals surface area contributed by atoms with Crippen LogP contribution in [-0.2, 0) is 4.74 Å². The predicted octanol–water partition coefficient (Wildman–Crippen LogP) is 1.84. The molecule has 110 valence electrons. The van der Waals surface area contributed by atoms with Crippen LogP contribution in [0.25, 0.3) is 0 Å². The molecule has 1 saturated heterocycles. The standard InChI is InChI=1S/C14H22N4O2/c1-3-4-9-20-14(19)18-7-5-17(6-8-18)13-10-12(2)15-11-16-13/h10-11H,3-9H2,1-2H3. The second-order valence-electron chi connectivity index (χ2n) is 4.96. The summed E-state index contributed by atoms with van der Waals surface area (Å²) in [6.07, 6.45) is 3.34. The van der Waals surface area contributed by atoms with E-state index in [1.165, 1.54) is 0 Å². The van der Waals surface area contributed by atoms with Crippen molar-refractivity contribution in [3.63, 3.8) is 0 Å². The predicted molar refractivity (Wildman–Crippen MR) is 76.8 cm³/mol. The second-order valence-corrected chi connectivity index (χ2v) is 4.96. The summed E-state index contributed by atoms with van der Waals surface area (Å²) in [7, 11) is 0. The third kappa shape index (κ3) is 3.82. The topological polar surface area (TPSA) is 58.6 Å². The Bertz CT molecular complexity index is 445. The maximum absolute atomic E-state index is 11.8. The summed E-state index contributed by atoms with van der Waals surface area (Å²) in [5.74, 6) is 0.927. The zero-order valence-corrected chi connectivity index (χ0v) is 12.2. The van der Waals surface area contributed by atoms with E-state index in [0.29, 0.717) is 19.7 Å². The molecule has 0 saturated carbocycles. The van der Waals surface area contributed by atoms with Gasteiger partial charge in [0.15, 0.2) is 0 Å². The Hall–Kier alpha value is -1.85. The zero-order chi connectivity index (χ0) is 14.4. The van der Waals surface area contributed by atoms with Gasteiger partial charge in [-0.05, 0) is 13.3 Å². The lowest BCUT2D eigenvalue weighted by Crippen LogP contribution is -2.49. The average Bonchev–Trinajstić information content (AvgIpc) is 2.47. The summed E-state index contributed by atoms with van der Waals surface area (Å²) in [5, 5.41) is 0. The number of carbonyl (C=O) groups excluding carboxylic acids is 1. The van der Waals surface area contributed by atoms with Gasteiger partial charge >= 0.3 is 6.09 Å². The number of carbonyl (C=O) groups is 1. The van der Waals surface area contributed by atoms with E-state index in [4.69, 9.17) is 4.74 Å². The largest absolute Gasteiger partial charge is 0.449 e. The number of hydrogen-bond acceptors (Lipinski definition) is 5. The highest BCUT2D eigenvalue weighted by Gasteiger charge is 2.22. The molecule has 1 aromatic rings. The van der Waals surface area contributed by atoms with Crippen molar-refractivity contribution in [3.8, 4) is 0 Å². The Labute approximate surface area is 119 Å². The Morgan fingerprint density at radius 3 is 2.70 bits per heavy atom. The van der Waals surface area contributed by atoms with Gasteiger partial charge in [0.25, 0.3) is 0 Å². The first-order valence-electron chi connectivity index (χ1n) is 7.16. The minimum absolute atomic E-state index is 0.197. The van der Waals surface area contributed by atoms with Crippen LogP contribution < -0.4 is 4.90 Å². The van der Waals surface area contributed by atoms with Gasteiger partial charge < -0.3 is 14.5 Å². The normalized spacial score (nSPS) is 15.3. The molecule has 6 nitrogen and oxygen atoms in total. The molecule has 1 aliphatic rings. The van der Waals surface area contributed by atoms with Gasteiger partial charge in [-0.1, -0.05) is 13.3 Å². The first kappa shape index (κ1) is 14.6. The molecule has 20 heavy (non-hydrogen) atoms. The van der Waals surface area contributed by atoms with Crippen molar-refractivity contribution in [1.29, 1.82) is 0 Å². The first-order chi connectivity index (χ1) is 9.70. The van der Waals surface area contributed by atoms with Crippen molar-refractivity contribution in [1.82, 2.24) is 14.9 Å². The number of piperazine rings is 1. The lowest BCUT2D eigenvalue weighted by molar-refractivity contribution is 0.0989. The van der Waals surface area contributed by atoms with E-state index in [1.54, 1.807) is 11.2 Å². The van der Waals surface area contributed by atoms with Crippen LogP contribution in [0, 0.1) is 6.92 Å². The highest BCUT2D eigenvalue weighted by Crippen LogP contribution is 2.14. The van der Waals surface area contributed by atoms with E-state index in [2.05, 4.69) is 21.8 Å². The van der Waals surface area contributed by atoms with Gasteiger partial charge in [-0.3, -0.25) is 0 Å². The van der Waals surface area contributed by atoms with Crippen molar-refractivity contribution in [2.75, 3.05) is 37.7 Å². The fourth-order valence-electron chi connectivity index (χ4n) is 2.13. The molecule has 1 fully saturated rings. The molecule has 0 bridgehead atoms. The van der Waals surface area contributed by atoms with Crippen molar-refractivity contribution in [2.24, 2.45) is 0 Å². The van der Waals surface area contributed by atoms with E-state index in [0.717, 1.165) is 37.4 Å². The van der Waals surface area contributed by atoms with Gasteiger partial charge in [0, 0.05) is 37.9 Å². The number of ether oxygens (including phenoxy) is 1. The number of hydrogen-bond donors (Lipinski definition) is 0. The molecule has 0 atom stereocenters. The van der Waals surface area contributed by atoms with Crippen LogP contribution in [0.2, 0.25) is 0 Å². The lowest BCUT2D eigenvalue weighted by atomic mass is 10.3. The molecule has 0 spiro atoms. The number of amides is 1. The molecular weight excluding hydrogens is 256 g/mol. The molecule has 6 heteroatoms. The average molecular weight is 278 g/mol. The maximum atomic E-state index is 11.8. The van der Waals surface area contributed by atoms with Crippen LogP contribution >= 0.6 is 0 Å². The molecular formula is C14H22N4O2. The number of anilines is 1. The molecule has 2 heterocycles. The number of unbranched alkanes of at least 4 members (excludes halogenated alkanes) is 1. The van der Waals surface area contributed by atoms with Crippen LogP contribution in [0.1, 0.15) is 25.5 Å². The van der Waals surface area contributed by atoms with Crippen molar-refractivity contribution >= 4 is 11.9 Å². The fraction of sp³-hybridized carbons (Fsp3) is 0.643. The smallest absolute Gasteiger partial charge is 0.409 e. The van der Waals surface area contributed by atoms with Crippen LogP contribution in [0.4, 0.5) is 10.6 Å². The van der Waals surface area contributed by atoms with Gasteiger partial charge in [-0.15, -0.1) is 0 Å². The van der Waals surface area contributed by atoms with E-state index < -0.39 is 0 Å². The molecule has 0 radical (unpaired) electrons. The van der Waals surface area contributed by atoms with Crippen LogP contribution in [0.3, 0.4) is 0 Å². The Kier molecular flexibility index (Phi) is 5.15. The zero-order valence-electron chi connectivity index (χ0n) is 12.2. The van der Waals surface area contributed by atoms with Gasteiger partial charge in [0.2, 0.25) is 0 Å². The summed E-state index contributed by atoms with van der Waals surface area (Å²) < 4.78 is 5.22. The summed E-state index contributed by atoms with van der Waals surface area (Å²) in [6.45, 7) is 7.45. The number of aromatic nitrogens is 2. The SMILES string of the molecule is CCCCOC(=O)N1CCN(c2cc(C)ncn2)CC1. The van der Waals surface area contributed by atoms with E-state index in [-0.39, 0.29) is 6.09 Å². The Balaban J connectivity index is 1.81. The minimum atomic E-state index is -0.197. The fourth-order valence-corrected chi connectivity index (χ4v) is 2.13. The summed E-state index contributed by atoms with van der Waals surface area (Å²) >= 11 is 0. The van der Waals surface area contributed by atoms with Gasteiger partial charge in [-0.25, -0.2) is 14.8 Å². The Morgan fingerprint density at radius 2 is 2.05 bits per heavy atom. The van der Waals surface area contributed by atoms with Gasteiger partial charge in [0.05, 0.1) is 6.61 Å². The van der Waals surface area contributed by atoms with Crippen LogP contribution in [0.5, 0.6) is 0 Å². The molecule has 0 aromatic carbocycles. The minimum Gasteiger partial charge on any atom is -0.449 e. The third-order valence-electron chi connectivity index (χ3n) is 3.37. The summed E-state index contributed by atoms with van der Waals surface area (Å²) in [4.78, 5) is 24.1. The lowest BCUT2D eigenvalue weighted by Gasteiger charge is -2.34. The van der Waals surface area contributed by atoms with Crippen molar-refractivity contribution < 1.29 is 9.53 Å². The van der Waals surface area contributed by atoms with Crippen molar-refractivity contribution in [3.05, 3.63) is 18.1 Å². The van der Waals surface area contributed by atoms with E-state index in [9.17, 15) is 4.79 Å². The maximum Gasteiger partial charge on any atom is 0.409 e. The summed E-state index contributed by atoms with van der Waals surface area (Å²) in [6, 6.07) is 1.97. The van der Waals surface area contributed by atoms with Crippen molar-refractivity contribution in [2.45, 2.75) is 26.7 Å². The molecule has 2 rings (SSSR count). The molecule has 0 N–H and O–H groups in total. The monoisotopic (exact) mass is 278 g/mol. The molecule has 1 aromatic heterocycles. The molecule has 1 aliphatic heterocycles. The van der Waals surface area contributed by atoms with Gasteiger partial charge in [0.1, 0.15) is 12.1 Å². The highest BCUT2D eigenvalue weighted by atomic mass is 16.6. The molecule has 0 aliphatic carbocycles. The number of rotatable bonds is 4. The number of aryl methyl sites for hydroxylation is 1. The highest BCUT2D eigenvalue weighted by molar-refractivity contribution is 5.68. The molecule has 0 unspecified atom stereocenters. The summed E-state index contributed by atoms with van der Waals surface area (Å²) in [5.41, 5.74) is 0.955. The number of nitrogens with zero attached hydrogens (tertiary/aromatic N) is 4. The third-order valence-corrected chi connectivity index (χ3v) is 3.37. The Morgan fingerprint density at radius 1 is 1.30 bits per heavy atom. The molecule has 1 amide bonds. The van der Waals surface area contributed by atoms with E-state index in [1.807, 2.05) is 13.0 Å². The van der Waals surface area contributed by atoms with Crippen LogP contribution in [0.15, 0.2) is 12.4 Å². The van der Waals surface area contributed by atoms with E-state index >= 15 is 0 Å².